The molecule has 0 bridgehead atoms. The Labute approximate surface area is 75.4 Å². The van der Waals surface area contributed by atoms with Crippen molar-refractivity contribution in [1.82, 2.24) is 0 Å². The number of rotatable bonds is 3. The highest BCUT2D eigenvalue weighted by molar-refractivity contribution is 7.12. The van der Waals surface area contributed by atoms with E-state index in [-0.39, 0.29) is 18.4 Å². The summed E-state index contributed by atoms with van der Waals surface area (Å²) < 4.78 is 0. The van der Waals surface area contributed by atoms with Crippen molar-refractivity contribution in [2.75, 3.05) is 0 Å². The molecule has 1 aromatic heterocycles. The van der Waals surface area contributed by atoms with Crippen LogP contribution < -0.4 is 11.5 Å². The molecule has 0 saturated carbocycles. The summed E-state index contributed by atoms with van der Waals surface area (Å²) in [7, 11) is 0. The quantitative estimate of drug-likeness (QED) is 0.733. The zero-order valence-electron chi connectivity index (χ0n) is 6.91. The summed E-state index contributed by atoms with van der Waals surface area (Å²) in [4.78, 5) is 12.8. The number of nitrogens with two attached hydrogens (primary N) is 2. The second-order valence-corrected chi connectivity index (χ2v) is 4.04. The Balaban J connectivity index is 2.64. The van der Waals surface area contributed by atoms with Crippen molar-refractivity contribution in [3.05, 3.63) is 21.9 Å². The molecule has 0 fully saturated rings. The predicted octanol–water partition coefficient (Wildman–Crippen LogP) is 0.932. The molecule has 3 nitrogen and oxygen atoms in total. The van der Waals surface area contributed by atoms with Crippen LogP contribution in [0, 0.1) is 6.92 Å². The number of amides is 1. The van der Waals surface area contributed by atoms with Crippen LogP contribution in [-0.2, 0) is 4.79 Å². The van der Waals surface area contributed by atoms with Gasteiger partial charge in [-0.3, -0.25) is 4.79 Å². The molecule has 0 spiro atoms. The van der Waals surface area contributed by atoms with Crippen LogP contribution in [0.25, 0.3) is 0 Å². The van der Waals surface area contributed by atoms with E-state index in [1.54, 1.807) is 11.3 Å². The van der Waals surface area contributed by atoms with E-state index in [0.717, 1.165) is 4.88 Å². The molecule has 4 heteroatoms. The maximum atomic E-state index is 10.5. The van der Waals surface area contributed by atoms with Crippen molar-refractivity contribution in [3.8, 4) is 0 Å². The lowest BCUT2D eigenvalue weighted by Crippen LogP contribution is -2.19. The maximum Gasteiger partial charge on any atom is 0.219 e. The lowest BCUT2D eigenvalue weighted by atomic mass is 10.2. The molecule has 1 atom stereocenters. The van der Waals surface area contributed by atoms with E-state index in [9.17, 15) is 4.79 Å². The molecule has 0 aromatic carbocycles. The Morgan fingerprint density at radius 1 is 1.67 bits per heavy atom. The highest BCUT2D eigenvalue weighted by Gasteiger charge is 2.10. The minimum absolute atomic E-state index is 0.222. The fourth-order valence-corrected chi connectivity index (χ4v) is 1.85. The molecule has 1 rings (SSSR count). The third-order valence-electron chi connectivity index (χ3n) is 1.55. The number of aryl methyl sites for hydroxylation is 1. The Morgan fingerprint density at radius 3 is 2.75 bits per heavy atom. The van der Waals surface area contributed by atoms with Gasteiger partial charge in [-0.2, -0.15) is 0 Å². The van der Waals surface area contributed by atoms with Crippen LogP contribution in [0.5, 0.6) is 0 Å². The third-order valence-corrected chi connectivity index (χ3v) is 2.68. The Morgan fingerprint density at radius 2 is 2.33 bits per heavy atom. The number of primary amides is 1. The van der Waals surface area contributed by atoms with Gasteiger partial charge in [0.1, 0.15) is 0 Å². The van der Waals surface area contributed by atoms with Crippen LogP contribution in [0.3, 0.4) is 0 Å². The molecule has 12 heavy (non-hydrogen) atoms. The van der Waals surface area contributed by atoms with Gasteiger partial charge < -0.3 is 11.5 Å². The highest BCUT2D eigenvalue weighted by Crippen LogP contribution is 2.22. The number of thiophene rings is 1. The van der Waals surface area contributed by atoms with Gasteiger partial charge in [-0.25, -0.2) is 0 Å². The predicted molar refractivity (Wildman–Crippen MR) is 49.8 cm³/mol. The van der Waals surface area contributed by atoms with E-state index in [0.29, 0.717) is 0 Å². The maximum absolute atomic E-state index is 10.5. The van der Waals surface area contributed by atoms with E-state index < -0.39 is 0 Å². The summed E-state index contributed by atoms with van der Waals surface area (Å²) in [6.45, 7) is 2.01. The van der Waals surface area contributed by atoms with Gasteiger partial charge >= 0.3 is 0 Å². The first-order chi connectivity index (χ1) is 5.59. The average Bonchev–Trinajstić information content (AvgIpc) is 2.34. The van der Waals surface area contributed by atoms with Crippen LogP contribution in [0.1, 0.15) is 22.2 Å². The molecule has 0 aliphatic heterocycles. The van der Waals surface area contributed by atoms with E-state index >= 15 is 0 Å². The number of hydrogen-bond donors (Lipinski definition) is 2. The van der Waals surface area contributed by atoms with Crippen LogP contribution in [0.4, 0.5) is 0 Å². The van der Waals surface area contributed by atoms with Gasteiger partial charge in [0.2, 0.25) is 5.91 Å². The van der Waals surface area contributed by atoms with Gasteiger partial charge in [-0.05, 0) is 19.1 Å². The normalized spacial score (nSPS) is 12.8. The second-order valence-electron chi connectivity index (χ2n) is 2.73. The summed E-state index contributed by atoms with van der Waals surface area (Å²) in [5, 5.41) is 0. The molecule has 0 aliphatic rings. The van der Waals surface area contributed by atoms with Crippen molar-refractivity contribution in [3.63, 3.8) is 0 Å². The fourth-order valence-electron chi connectivity index (χ4n) is 0.970. The fraction of sp³-hybridized carbons (Fsp3) is 0.375. The SMILES string of the molecule is Cc1ccc([C@H](N)CC(N)=O)s1. The molecule has 1 amide bonds. The first-order valence-electron chi connectivity index (χ1n) is 3.70. The first kappa shape index (κ1) is 9.22. The van der Waals surface area contributed by atoms with E-state index in [1.807, 2.05) is 19.1 Å². The molecular weight excluding hydrogens is 172 g/mol. The minimum Gasteiger partial charge on any atom is -0.370 e. The highest BCUT2D eigenvalue weighted by atomic mass is 32.1. The van der Waals surface area contributed by atoms with Gasteiger partial charge in [0.05, 0.1) is 0 Å². The summed E-state index contributed by atoms with van der Waals surface area (Å²) in [5.74, 6) is -0.353. The Bertz CT molecular complexity index is 282. The monoisotopic (exact) mass is 184 g/mol. The zero-order valence-corrected chi connectivity index (χ0v) is 7.73. The van der Waals surface area contributed by atoms with Crippen molar-refractivity contribution in [1.29, 1.82) is 0 Å². The lowest BCUT2D eigenvalue weighted by molar-refractivity contribution is -0.118. The van der Waals surface area contributed by atoms with Crippen molar-refractivity contribution >= 4 is 17.2 Å². The van der Waals surface area contributed by atoms with E-state index in [2.05, 4.69) is 0 Å². The number of carbonyl (C=O) groups excluding carboxylic acids is 1. The third kappa shape index (κ3) is 2.32. The Hall–Kier alpha value is -0.870. The average molecular weight is 184 g/mol. The van der Waals surface area contributed by atoms with Crippen LogP contribution in [0.2, 0.25) is 0 Å². The van der Waals surface area contributed by atoms with Gasteiger partial charge in [-0.15, -0.1) is 11.3 Å². The lowest BCUT2D eigenvalue weighted by Gasteiger charge is -2.05. The van der Waals surface area contributed by atoms with Gasteiger partial charge in [0.15, 0.2) is 0 Å². The standard InChI is InChI=1S/C8H12N2OS/c1-5-2-3-7(12-5)6(9)4-8(10)11/h2-3,6H,4,9H2,1H3,(H2,10,11)/t6-/m1/s1. The minimum atomic E-state index is -0.353. The first-order valence-corrected chi connectivity index (χ1v) is 4.51. The second kappa shape index (κ2) is 3.69. The van der Waals surface area contributed by atoms with Crippen LogP contribution >= 0.6 is 11.3 Å². The molecule has 0 aliphatic carbocycles. The van der Waals surface area contributed by atoms with Gasteiger partial charge in [0.25, 0.3) is 0 Å². The molecular formula is C8H12N2OS. The van der Waals surface area contributed by atoms with E-state index in [4.69, 9.17) is 11.5 Å². The molecule has 1 heterocycles. The molecule has 1 aromatic rings. The van der Waals surface area contributed by atoms with Crippen molar-refractivity contribution in [2.24, 2.45) is 11.5 Å². The summed E-state index contributed by atoms with van der Waals surface area (Å²) >= 11 is 1.61. The molecule has 4 N–H and O–H groups in total. The largest absolute Gasteiger partial charge is 0.370 e. The van der Waals surface area contributed by atoms with Crippen LogP contribution in [0.15, 0.2) is 12.1 Å². The van der Waals surface area contributed by atoms with Gasteiger partial charge in [0, 0.05) is 22.2 Å². The van der Waals surface area contributed by atoms with Gasteiger partial charge in [-0.1, -0.05) is 0 Å². The number of hydrogen-bond acceptors (Lipinski definition) is 3. The summed E-state index contributed by atoms with van der Waals surface area (Å²) in [5.41, 5.74) is 10.7. The smallest absolute Gasteiger partial charge is 0.219 e. The molecule has 0 saturated heterocycles. The Kier molecular flexibility index (Phi) is 2.83. The van der Waals surface area contributed by atoms with Crippen molar-refractivity contribution < 1.29 is 4.79 Å². The van der Waals surface area contributed by atoms with E-state index in [1.165, 1.54) is 4.88 Å². The summed E-state index contributed by atoms with van der Waals surface area (Å²) in [6, 6.07) is 3.69. The molecule has 0 unspecified atom stereocenters. The van der Waals surface area contributed by atoms with Crippen LogP contribution in [-0.4, -0.2) is 5.91 Å². The van der Waals surface area contributed by atoms with Crippen molar-refractivity contribution in [2.45, 2.75) is 19.4 Å². The molecule has 0 radical (unpaired) electrons. The number of carbonyl (C=O) groups is 1. The summed E-state index contributed by atoms with van der Waals surface area (Å²) in [6.07, 6.45) is 0.222. The topological polar surface area (TPSA) is 69.1 Å². The zero-order chi connectivity index (χ0) is 9.14. The molecule has 66 valence electrons.